The van der Waals surface area contributed by atoms with Gasteiger partial charge in [-0.15, -0.1) is 0 Å². The molecule has 2 aromatic heterocycles. The van der Waals surface area contributed by atoms with Crippen molar-refractivity contribution in [2.45, 2.75) is 19.5 Å². The second-order valence-electron chi connectivity index (χ2n) is 7.12. The van der Waals surface area contributed by atoms with Crippen molar-refractivity contribution in [3.63, 3.8) is 0 Å². The Hall–Kier alpha value is -3.43. The standard InChI is InChI=1S/C21H25N7O2/c1-14-5-3-4-6-15(14)13-28-18(17-7-10-30-26-17)11-19(27(28)2)21-24-12-16(22)20(25-21)23-8-9-29/h3-7,10-12,19,29H,8-9,13,22H2,1-2H3,(H,23,24,25). The molecule has 4 N–H and O–H groups in total. The summed E-state index contributed by atoms with van der Waals surface area (Å²) in [5, 5.41) is 20.5. The maximum Gasteiger partial charge on any atom is 0.153 e. The van der Waals surface area contributed by atoms with E-state index in [1.807, 2.05) is 25.2 Å². The SMILES string of the molecule is Cc1ccccc1CN1C(c2ccon2)=CC(c2ncc(N)c(NCCO)n2)N1C. The van der Waals surface area contributed by atoms with Gasteiger partial charge in [0, 0.05) is 19.7 Å². The van der Waals surface area contributed by atoms with E-state index in [2.05, 4.69) is 55.6 Å². The molecule has 9 heteroatoms. The van der Waals surface area contributed by atoms with E-state index in [1.165, 1.54) is 11.1 Å². The predicted octanol–water partition coefficient (Wildman–Crippen LogP) is 2.20. The quantitative estimate of drug-likeness (QED) is 0.542. The molecular weight excluding hydrogens is 382 g/mol. The summed E-state index contributed by atoms with van der Waals surface area (Å²) < 4.78 is 5.09. The summed E-state index contributed by atoms with van der Waals surface area (Å²) in [7, 11) is 1.99. The van der Waals surface area contributed by atoms with Crippen molar-refractivity contribution in [1.29, 1.82) is 0 Å². The van der Waals surface area contributed by atoms with Gasteiger partial charge in [-0.25, -0.2) is 15.0 Å². The van der Waals surface area contributed by atoms with E-state index < -0.39 is 0 Å². The summed E-state index contributed by atoms with van der Waals surface area (Å²) in [4.78, 5) is 9.06. The second kappa shape index (κ2) is 8.52. The van der Waals surface area contributed by atoms with E-state index in [9.17, 15) is 0 Å². The molecule has 1 aliphatic rings. The number of anilines is 2. The predicted molar refractivity (Wildman–Crippen MR) is 114 cm³/mol. The number of aliphatic hydroxyl groups excluding tert-OH is 1. The van der Waals surface area contributed by atoms with Crippen LogP contribution in [-0.2, 0) is 6.54 Å². The lowest BCUT2D eigenvalue weighted by Gasteiger charge is -2.32. The van der Waals surface area contributed by atoms with Gasteiger partial charge in [-0.3, -0.25) is 5.01 Å². The molecule has 0 radical (unpaired) electrons. The zero-order chi connectivity index (χ0) is 21.1. The highest BCUT2D eigenvalue weighted by molar-refractivity contribution is 5.64. The van der Waals surface area contributed by atoms with Crippen molar-refractivity contribution < 1.29 is 9.63 Å². The maximum atomic E-state index is 9.09. The molecule has 3 heterocycles. The molecule has 0 fully saturated rings. The summed E-state index contributed by atoms with van der Waals surface area (Å²) in [5.41, 5.74) is 10.5. The highest BCUT2D eigenvalue weighted by atomic mass is 16.5. The number of nitrogens with zero attached hydrogens (tertiary/aromatic N) is 5. The number of rotatable bonds is 7. The fourth-order valence-electron chi connectivity index (χ4n) is 3.48. The van der Waals surface area contributed by atoms with Gasteiger partial charge in [-0.1, -0.05) is 29.4 Å². The Bertz CT molecular complexity index is 1040. The summed E-state index contributed by atoms with van der Waals surface area (Å²) >= 11 is 0. The van der Waals surface area contributed by atoms with Gasteiger partial charge in [0.25, 0.3) is 0 Å². The Morgan fingerprint density at radius 3 is 2.83 bits per heavy atom. The largest absolute Gasteiger partial charge is 0.395 e. The smallest absolute Gasteiger partial charge is 0.153 e. The van der Waals surface area contributed by atoms with Crippen LogP contribution in [-0.4, -0.2) is 50.4 Å². The number of aromatic nitrogens is 3. The number of nitrogens with one attached hydrogen (secondary N) is 1. The number of hydrogen-bond donors (Lipinski definition) is 3. The van der Waals surface area contributed by atoms with Crippen LogP contribution in [0.5, 0.6) is 0 Å². The zero-order valence-electron chi connectivity index (χ0n) is 17.0. The Balaban J connectivity index is 1.69. The van der Waals surface area contributed by atoms with E-state index in [4.69, 9.17) is 15.4 Å². The van der Waals surface area contributed by atoms with Crippen LogP contribution in [0.2, 0.25) is 0 Å². The van der Waals surface area contributed by atoms with Gasteiger partial charge in [0.2, 0.25) is 0 Å². The number of aliphatic hydroxyl groups is 1. The number of hydrogen-bond acceptors (Lipinski definition) is 9. The van der Waals surface area contributed by atoms with E-state index >= 15 is 0 Å². The van der Waals surface area contributed by atoms with Crippen molar-refractivity contribution >= 4 is 17.2 Å². The molecule has 0 spiro atoms. The molecule has 0 saturated carbocycles. The first-order chi connectivity index (χ1) is 14.6. The van der Waals surface area contributed by atoms with Gasteiger partial charge in [0.05, 0.1) is 30.7 Å². The lowest BCUT2D eigenvalue weighted by molar-refractivity contribution is 0.0446. The van der Waals surface area contributed by atoms with E-state index in [0.717, 1.165) is 11.4 Å². The number of aryl methyl sites for hydroxylation is 1. The maximum absolute atomic E-state index is 9.09. The fraction of sp³-hybridized carbons (Fsp3) is 0.286. The normalized spacial score (nSPS) is 16.7. The Kier molecular flexibility index (Phi) is 5.64. The Morgan fingerprint density at radius 1 is 1.27 bits per heavy atom. The van der Waals surface area contributed by atoms with Gasteiger partial charge in [-0.05, 0) is 24.1 Å². The third-order valence-electron chi connectivity index (χ3n) is 5.16. The molecule has 1 aromatic carbocycles. The van der Waals surface area contributed by atoms with Crippen LogP contribution < -0.4 is 11.1 Å². The molecule has 9 nitrogen and oxygen atoms in total. The van der Waals surface area contributed by atoms with Crippen molar-refractivity contribution in [3.05, 3.63) is 71.5 Å². The van der Waals surface area contributed by atoms with Crippen LogP contribution in [0.3, 0.4) is 0 Å². The van der Waals surface area contributed by atoms with Gasteiger partial charge < -0.3 is 20.7 Å². The summed E-state index contributed by atoms with van der Waals surface area (Å²) in [5.74, 6) is 1.11. The van der Waals surface area contributed by atoms with Gasteiger partial charge >= 0.3 is 0 Å². The minimum absolute atomic E-state index is 0.0114. The third kappa shape index (κ3) is 3.85. The molecule has 1 aliphatic heterocycles. The molecule has 4 rings (SSSR count). The first-order valence-corrected chi connectivity index (χ1v) is 9.73. The molecule has 0 amide bonds. The monoisotopic (exact) mass is 407 g/mol. The van der Waals surface area contributed by atoms with E-state index in [1.54, 1.807) is 12.5 Å². The van der Waals surface area contributed by atoms with Crippen LogP contribution in [0.1, 0.15) is 28.7 Å². The molecule has 30 heavy (non-hydrogen) atoms. The molecule has 3 aromatic rings. The Morgan fingerprint density at radius 2 is 2.10 bits per heavy atom. The lowest BCUT2D eigenvalue weighted by atomic mass is 10.1. The minimum atomic E-state index is -0.212. The third-order valence-corrected chi connectivity index (χ3v) is 5.16. The molecule has 1 unspecified atom stereocenters. The number of hydrazine groups is 1. The fourth-order valence-corrected chi connectivity index (χ4v) is 3.48. The summed E-state index contributed by atoms with van der Waals surface area (Å²) in [6.45, 7) is 3.12. The first-order valence-electron chi connectivity index (χ1n) is 9.73. The first kappa shape index (κ1) is 19.9. The van der Waals surface area contributed by atoms with Crippen molar-refractivity contribution in [3.8, 4) is 0 Å². The number of likely N-dealkylation sites (N-methyl/N-ethyl adjacent to an activating group) is 1. The Labute approximate surface area is 174 Å². The number of nitrogen functional groups attached to an aromatic ring is 1. The molecule has 1 atom stereocenters. The van der Waals surface area contributed by atoms with Crippen LogP contribution in [0, 0.1) is 6.92 Å². The minimum Gasteiger partial charge on any atom is -0.395 e. The van der Waals surface area contributed by atoms with Crippen molar-refractivity contribution in [1.82, 2.24) is 25.1 Å². The van der Waals surface area contributed by atoms with Crippen LogP contribution in [0.4, 0.5) is 11.5 Å². The molecule has 0 aliphatic carbocycles. The second-order valence-corrected chi connectivity index (χ2v) is 7.12. The van der Waals surface area contributed by atoms with Gasteiger partial charge in [0.15, 0.2) is 11.6 Å². The molecular formula is C21H25N7O2. The summed E-state index contributed by atoms with van der Waals surface area (Å²) in [6, 6.07) is 9.92. The van der Waals surface area contributed by atoms with Gasteiger partial charge in [-0.2, -0.15) is 0 Å². The highest BCUT2D eigenvalue weighted by Crippen LogP contribution is 2.37. The summed E-state index contributed by atoms with van der Waals surface area (Å²) in [6.07, 6.45) is 5.22. The average molecular weight is 407 g/mol. The van der Waals surface area contributed by atoms with Crippen molar-refractivity contribution in [2.24, 2.45) is 0 Å². The van der Waals surface area contributed by atoms with Crippen LogP contribution in [0.15, 0.2) is 53.4 Å². The lowest BCUT2D eigenvalue weighted by Crippen LogP contribution is -2.35. The topological polar surface area (TPSA) is 117 Å². The van der Waals surface area contributed by atoms with Gasteiger partial charge in [0.1, 0.15) is 18.0 Å². The molecule has 0 saturated heterocycles. The van der Waals surface area contributed by atoms with E-state index in [0.29, 0.717) is 30.4 Å². The average Bonchev–Trinajstić information content (AvgIpc) is 3.38. The molecule has 0 bridgehead atoms. The van der Waals surface area contributed by atoms with Crippen LogP contribution >= 0.6 is 0 Å². The highest BCUT2D eigenvalue weighted by Gasteiger charge is 2.34. The van der Waals surface area contributed by atoms with E-state index in [-0.39, 0.29) is 12.6 Å². The molecule has 156 valence electrons. The van der Waals surface area contributed by atoms with Crippen LogP contribution in [0.25, 0.3) is 5.70 Å². The number of nitrogens with two attached hydrogens (primary N) is 1. The van der Waals surface area contributed by atoms with Crippen molar-refractivity contribution in [2.75, 3.05) is 31.2 Å². The number of benzene rings is 1. The zero-order valence-corrected chi connectivity index (χ0v) is 17.0.